The molecule has 1 saturated heterocycles. The molecule has 19 heavy (non-hydrogen) atoms. The standard InChI is InChI=1S/C13H14ClN3O2/c1-7(18)16-5-9(6-16)10-2-8-3-13(19)17(15)12(8)4-11(10)14/h2,4,9H,3,5-6,15H2,1H3. The number of nitrogens with two attached hydrogens (primary N) is 1. The molecule has 0 aliphatic carbocycles. The first kappa shape index (κ1) is 12.4. The number of halogens is 1. The fourth-order valence-corrected chi connectivity index (χ4v) is 2.93. The Morgan fingerprint density at radius 1 is 1.42 bits per heavy atom. The molecule has 2 N–H and O–H groups in total. The summed E-state index contributed by atoms with van der Waals surface area (Å²) in [5.74, 6) is 5.88. The second-order valence-corrected chi connectivity index (χ2v) is 5.47. The van der Waals surface area contributed by atoms with Gasteiger partial charge in [-0.2, -0.15) is 0 Å². The maximum absolute atomic E-state index is 11.6. The molecule has 2 aliphatic heterocycles. The highest BCUT2D eigenvalue weighted by Crippen LogP contribution is 2.38. The molecular formula is C13H14ClN3O2. The van der Waals surface area contributed by atoms with E-state index in [2.05, 4.69) is 0 Å². The number of hydrazine groups is 1. The number of hydrogen-bond acceptors (Lipinski definition) is 3. The normalized spacial score (nSPS) is 18.6. The van der Waals surface area contributed by atoms with Crippen molar-refractivity contribution in [2.75, 3.05) is 18.1 Å². The van der Waals surface area contributed by atoms with Crippen LogP contribution in [0.3, 0.4) is 0 Å². The first-order chi connectivity index (χ1) is 8.97. The van der Waals surface area contributed by atoms with E-state index in [0.29, 0.717) is 30.2 Å². The Kier molecular flexibility index (Phi) is 2.76. The van der Waals surface area contributed by atoms with Gasteiger partial charge >= 0.3 is 0 Å². The van der Waals surface area contributed by atoms with Gasteiger partial charge in [0, 0.05) is 31.0 Å². The van der Waals surface area contributed by atoms with Gasteiger partial charge in [0.1, 0.15) is 0 Å². The van der Waals surface area contributed by atoms with Gasteiger partial charge in [-0.15, -0.1) is 0 Å². The molecule has 0 radical (unpaired) electrons. The SMILES string of the molecule is CC(=O)N1CC(c2cc3c(cc2Cl)N(N)C(=O)C3)C1. The lowest BCUT2D eigenvalue weighted by atomic mass is 9.90. The van der Waals surface area contributed by atoms with Crippen molar-refractivity contribution >= 4 is 29.1 Å². The topological polar surface area (TPSA) is 66.6 Å². The zero-order valence-corrected chi connectivity index (χ0v) is 11.3. The van der Waals surface area contributed by atoms with Gasteiger partial charge in [0.25, 0.3) is 0 Å². The number of likely N-dealkylation sites (tertiary alicyclic amines) is 1. The van der Waals surface area contributed by atoms with Gasteiger partial charge in [-0.1, -0.05) is 17.7 Å². The molecule has 1 fully saturated rings. The van der Waals surface area contributed by atoms with Crippen LogP contribution in [0.2, 0.25) is 5.02 Å². The van der Waals surface area contributed by atoms with Gasteiger partial charge in [0.15, 0.2) is 0 Å². The molecule has 5 nitrogen and oxygen atoms in total. The molecule has 0 spiro atoms. The third-order valence-corrected chi connectivity index (χ3v) is 4.16. The highest BCUT2D eigenvalue weighted by Gasteiger charge is 2.33. The molecule has 2 heterocycles. The lowest BCUT2D eigenvalue weighted by Gasteiger charge is -2.39. The van der Waals surface area contributed by atoms with E-state index < -0.39 is 0 Å². The Bertz CT molecular complexity index is 581. The van der Waals surface area contributed by atoms with E-state index in [1.807, 2.05) is 6.07 Å². The summed E-state index contributed by atoms with van der Waals surface area (Å²) in [4.78, 5) is 24.5. The van der Waals surface area contributed by atoms with Crippen molar-refractivity contribution in [1.82, 2.24) is 4.90 Å². The van der Waals surface area contributed by atoms with Crippen LogP contribution in [0.25, 0.3) is 0 Å². The van der Waals surface area contributed by atoms with E-state index in [1.54, 1.807) is 17.9 Å². The summed E-state index contributed by atoms with van der Waals surface area (Å²) in [6.45, 7) is 2.94. The number of carbonyl (C=O) groups is 2. The average molecular weight is 280 g/mol. The van der Waals surface area contributed by atoms with Crippen LogP contribution < -0.4 is 10.9 Å². The maximum Gasteiger partial charge on any atom is 0.245 e. The fourth-order valence-electron chi connectivity index (χ4n) is 2.62. The van der Waals surface area contributed by atoms with E-state index in [1.165, 1.54) is 0 Å². The first-order valence-corrected chi connectivity index (χ1v) is 6.50. The predicted octanol–water partition coefficient (Wildman–Crippen LogP) is 1.05. The Balaban J connectivity index is 1.88. The van der Waals surface area contributed by atoms with Crippen LogP contribution in [0.5, 0.6) is 0 Å². The molecular weight excluding hydrogens is 266 g/mol. The van der Waals surface area contributed by atoms with Crippen molar-refractivity contribution in [1.29, 1.82) is 0 Å². The molecule has 2 aliphatic rings. The summed E-state index contributed by atoms with van der Waals surface area (Å²) in [6, 6.07) is 3.69. The van der Waals surface area contributed by atoms with Crippen molar-refractivity contribution in [2.45, 2.75) is 19.3 Å². The Morgan fingerprint density at radius 3 is 2.74 bits per heavy atom. The number of rotatable bonds is 1. The van der Waals surface area contributed by atoms with Gasteiger partial charge in [-0.05, 0) is 17.2 Å². The molecule has 6 heteroatoms. The van der Waals surface area contributed by atoms with Gasteiger partial charge < -0.3 is 4.90 Å². The molecule has 0 atom stereocenters. The molecule has 2 amide bonds. The van der Waals surface area contributed by atoms with E-state index in [9.17, 15) is 9.59 Å². The quantitative estimate of drug-likeness (QED) is 0.617. The first-order valence-electron chi connectivity index (χ1n) is 6.13. The van der Waals surface area contributed by atoms with Gasteiger partial charge in [-0.25, -0.2) is 10.9 Å². The Labute approximate surface area is 115 Å². The largest absolute Gasteiger partial charge is 0.342 e. The number of benzene rings is 1. The third-order valence-electron chi connectivity index (χ3n) is 3.83. The van der Waals surface area contributed by atoms with Crippen molar-refractivity contribution in [3.63, 3.8) is 0 Å². The van der Waals surface area contributed by atoms with E-state index in [0.717, 1.165) is 16.1 Å². The van der Waals surface area contributed by atoms with E-state index >= 15 is 0 Å². The van der Waals surface area contributed by atoms with Crippen LogP contribution in [-0.2, 0) is 16.0 Å². The number of carbonyl (C=O) groups excluding carboxylic acids is 2. The minimum Gasteiger partial charge on any atom is -0.342 e. The van der Waals surface area contributed by atoms with Gasteiger partial charge in [0.05, 0.1) is 12.1 Å². The highest BCUT2D eigenvalue weighted by molar-refractivity contribution is 6.32. The monoisotopic (exact) mass is 279 g/mol. The van der Waals surface area contributed by atoms with Crippen LogP contribution in [-0.4, -0.2) is 29.8 Å². The summed E-state index contributed by atoms with van der Waals surface area (Å²) in [7, 11) is 0. The van der Waals surface area contributed by atoms with Crippen LogP contribution in [0, 0.1) is 0 Å². The third kappa shape index (κ3) is 1.89. The highest BCUT2D eigenvalue weighted by atomic mass is 35.5. The number of hydrogen-bond donors (Lipinski definition) is 1. The van der Waals surface area contributed by atoms with Gasteiger partial charge in [0.2, 0.25) is 11.8 Å². The van der Waals surface area contributed by atoms with Crippen molar-refractivity contribution in [2.24, 2.45) is 5.84 Å². The molecule has 0 aromatic heterocycles. The molecule has 1 aromatic carbocycles. The summed E-state index contributed by atoms with van der Waals surface area (Å²) >= 11 is 6.26. The molecule has 0 saturated carbocycles. The molecule has 100 valence electrons. The minimum atomic E-state index is -0.123. The molecule has 3 rings (SSSR count). The lowest BCUT2D eigenvalue weighted by molar-refractivity contribution is -0.133. The number of amides is 2. The van der Waals surface area contributed by atoms with E-state index in [-0.39, 0.29) is 17.7 Å². The summed E-state index contributed by atoms with van der Waals surface area (Å²) < 4.78 is 0. The van der Waals surface area contributed by atoms with Gasteiger partial charge in [-0.3, -0.25) is 9.59 Å². The van der Waals surface area contributed by atoms with Crippen molar-refractivity contribution in [3.8, 4) is 0 Å². The second-order valence-electron chi connectivity index (χ2n) is 5.06. The average Bonchev–Trinajstić information content (AvgIpc) is 2.53. The fraction of sp³-hybridized carbons (Fsp3) is 0.385. The van der Waals surface area contributed by atoms with Crippen LogP contribution in [0.1, 0.15) is 24.0 Å². The number of anilines is 1. The Hall–Kier alpha value is -1.59. The summed E-state index contributed by atoms with van der Waals surface area (Å²) in [5, 5.41) is 1.75. The smallest absolute Gasteiger partial charge is 0.245 e. The molecule has 0 unspecified atom stereocenters. The summed E-state index contributed by atoms with van der Waals surface area (Å²) in [6.07, 6.45) is 0.319. The lowest BCUT2D eigenvalue weighted by Crippen LogP contribution is -2.47. The van der Waals surface area contributed by atoms with Crippen LogP contribution in [0.4, 0.5) is 5.69 Å². The zero-order valence-electron chi connectivity index (χ0n) is 10.5. The Morgan fingerprint density at radius 2 is 2.11 bits per heavy atom. The van der Waals surface area contributed by atoms with Crippen molar-refractivity contribution < 1.29 is 9.59 Å². The van der Waals surface area contributed by atoms with E-state index in [4.69, 9.17) is 17.4 Å². The van der Waals surface area contributed by atoms with Crippen molar-refractivity contribution in [3.05, 3.63) is 28.3 Å². The summed E-state index contributed by atoms with van der Waals surface area (Å²) in [5.41, 5.74) is 2.59. The second kappa shape index (κ2) is 4.21. The van der Waals surface area contributed by atoms with Crippen LogP contribution in [0.15, 0.2) is 12.1 Å². The zero-order chi connectivity index (χ0) is 13.7. The number of nitrogens with zero attached hydrogens (tertiary/aromatic N) is 2. The molecule has 0 bridgehead atoms. The minimum absolute atomic E-state index is 0.0804. The number of fused-ring (bicyclic) bond motifs is 1. The molecule has 1 aromatic rings. The predicted molar refractivity (Wildman–Crippen MR) is 71.8 cm³/mol. The maximum atomic E-state index is 11.6. The van der Waals surface area contributed by atoms with Crippen LogP contribution >= 0.6 is 11.6 Å².